The number of aromatic nitrogens is 1. The molecule has 0 unspecified atom stereocenters. The molecule has 0 fully saturated rings. The van der Waals surface area contributed by atoms with E-state index >= 15 is 0 Å². The lowest BCUT2D eigenvalue weighted by Gasteiger charge is -2.02. The fraction of sp³-hybridized carbons (Fsp3) is 0.111. The second-order valence-electron chi connectivity index (χ2n) is 5.71. The molecule has 0 aliphatic heterocycles. The summed E-state index contributed by atoms with van der Waals surface area (Å²) in [5.41, 5.74) is 2.33. The van der Waals surface area contributed by atoms with Gasteiger partial charge in [-0.2, -0.15) is 0 Å². The first kappa shape index (κ1) is 18.2. The number of nitrogens with one attached hydrogen (secondary N) is 1. The lowest BCUT2D eigenvalue weighted by atomic mass is 10.1. The Bertz CT molecular complexity index is 1030. The Morgan fingerprint density at radius 2 is 1.77 bits per heavy atom. The Hall–Kier alpha value is -2.55. The minimum Gasteiger partial charge on any atom is -0.298 e. The Kier molecular flexibility index (Phi) is 5.17. The third kappa shape index (κ3) is 4.34. The number of anilines is 1. The van der Waals surface area contributed by atoms with Gasteiger partial charge in [0.2, 0.25) is 10.0 Å². The molecule has 0 saturated heterocycles. The molecule has 0 radical (unpaired) electrons. The lowest BCUT2D eigenvalue weighted by molar-refractivity contribution is 0.102. The van der Waals surface area contributed by atoms with Crippen LogP contribution < -0.4 is 10.5 Å². The third-order valence-corrected chi connectivity index (χ3v) is 5.77. The van der Waals surface area contributed by atoms with Crippen LogP contribution in [-0.2, 0) is 16.4 Å². The highest BCUT2D eigenvalue weighted by Crippen LogP contribution is 2.26. The van der Waals surface area contributed by atoms with Gasteiger partial charge in [-0.25, -0.2) is 18.5 Å². The lowest BCUT2D eigenvalue weighted by Crippen LogP contribution is -2.11. The summed E-state index contributed by atoms with van der Waals surface area (Å²) in [7, 11) is -3.69. The predicted molar refractivity (Wildman–Crippen MR) is 102 cm³/mol. The summed E-state index contributed by atoms with van der Waals surface area (Å²) in [6, 6.07) is 15.4. The van der Waals surface area contributed by atoms with Crippen LogP contribution >= 0.6 is 11.3 Å². The van der Waals surface area contributed by atoms with Crippen molar-refractivity contribution in [2.75, 3.05) is 5.32 Å². The van der Waals surface area contributed by atoms with E-state index in [0.29, 0.717) is 17.1 Å². The van der Waals surface area contributed by atoms with Gasteiger partial charge in [0.05, 0.1) is 10.6 Å². The second kappa shape index (κ2) is 7.36. The summed E-state index contributed by atoms with van der Waals surface area (Å²) in [6.45, 7) is 1.88. The normalized spacial score (nSPS) is 11.3. The molecular weight excluding hydrogens is 370 g/mol. The fourth-order valence-corrected chi connectivity index (χ4v) is 3.89. The van der Waals surface area contributed by atoms with E-state index in [1.807, 2.05) is 13.0 Å². The average Bonchev–Trinajstić information content (AvgIpc) is 2.94. The molecule has 0 spiro atoms. The van der Waals surface area contributed by atoms with Crippen molar-refractivity contribution in [2.45, 2.75) is 18.2 Å². The van der Waals surface area contributed by atoms with Crippen molar-refractivity contribution in [2.24, 2.45) is 5.14 Å². The van der Waals surface area contributed by atoms with Gasteiger partial charge in [-0.1, -0.05) is 30.3 Å². The van der Waals surface area contributed by atoms with Gasteiger partial charge in [0.25, 0.3) is 5.91 Å². The Labute approximate surface area is 155 Å². The van der Waals surface area contributed by atoms with Gasteiger partial charge >= 0.3 is 0 Å². The Morgan fingerprint density at radius 3 is 2.38 bits per heavy atom. The van der Waals surface area contributed by atoms with Crippen molar-refractivity contribution in [3.63, 3.8) is 0 Å². The number of primary sulfonamides is 1. The molecule has 8 heteroatoms. The van der Waals surface area contributed by atoms with Gasteiger partial charge in [0.15, 0.2) is 5.13 Å². The number of carbonyl (C=O) groups excluding carboxylic acids is 1. The molecule has 0 bridgehead atoms. The summed E-state index contributed by atoms with van der Waals surface area (Å²) < 4.78 is 22.6. The first-order valence-electron chi connectivity index (χ1n) is 7.77. The molecule has 3 aromatic rings. The number of rotatable bonds is 5. The number of aryl methyl sites for hydroxylation is 1. The summed E-state index contributed by atoms with van der Waals surface area (Å²) in [5, 5.41) is 8.45. The number of hydrogen-bond acceptors (Lipinski definition) is 5. The predicted octanol–water partition coefficient (Wildman–Crippen LogP) is 2.94. The van der Waals surface area contributed by atoms with Crippen molar-refractivity contribution in [1.29, 1.82) is 0 Å². The number of hydrogen-bond donors (Lipinski definition) is 2. The van der Waals surface area contributed by atoms with Crippen LogP contribution in [0.25, 0.3) is 0 Å². The minimum atomic E-state index is -3.69. The topological polar surface area (TPSA) is 102 Å². The summed E-state index contributed by atoms with van der Waals surface area (Å²) in [5.74, 6) is -0.205. The maximum absolute atomic E-state index is 12.2. The molecule has 3 N–H and O–H groups in total. The van der Waals surface area contributed by atoms with E-state index in [1.165, 1.54) is 23.5 Å². The molecule has 2 aromatic carbocycles. The number of nitrogens with two attached hydrogens (primary N) is 1. The van der Waals surface area contributed by atoms with E-state index in [0.717, 1.165) is 16.1 Å². The van der Waals surface area contributed by atoms with Gasteiger partial charge in [-0.15, -0.1) is 11.3 Å². The zero-order valence-electron chi connectivity index (χ0n) is 14.0. The standard InChI is InChI=1S/C18H17N3O3S2/c1-12-16(11-13-7-9-15(10-8-13)26(19,23)24)25-18(20-12)21-17(22)14-5-3-2-4-6-14/h2-10H,11H2,1H3,(H2,19,23,24)(H,20,21,22). The number of thiazole rings is 1. The van der Waals surface area contributed by atoms with E-state index < -0.39 is 10.0 Å². The smallest absolute Gasteiger partial charge is 0.257 e. The van der Waals surface area contributed by atoms with Crippen LogP contribution in [0, 0.1) is 6.92 Å². The highest BCUT2D eigenvalue weighted by Gasteiger charge is 2.13. The SMILES string of the molecule is Cc1nc(NC(=O)c2ccccc2)sc1Cc1ccc(S(N)(=O)=O)cc1. The quantitative estimate of drug-likeness (QED) is 0.702. The number of carbonyl (C=O) groups is 1. The van der Waals surface area contributed by atoms with E-state index in [4.69, 9.17) is 5.14 Å². The van der Waals surface area contributed by atoms with Gasteiger partial charge < -0.3 is 0 Å². The number of sulfonamides is 1. The molecule has 0 aliphatic rings. The van der Waals surface area contributed by atoms with Crippen molar-refractivity contribution in [1.82, 2.24) is 4.98 Å². The van der Waals surface area contributed by atoms with Crippen molar-refractivity contribution < 1.29 is 13.2 Å². The third-order valence-electron chi connectivity index (χ3n) is 3.77. The number of nitrogens with zero attached hydrogens (tertiary/aromatic N) is 1. The van der Waals surface area contributed by atoms with Gasteiger partial charge in [-0.05, 0) is 36.8 Å². The summed E-state index contributed by atoms with van der Waals surface area (Å²) in [4.78, 5) is 17.7. The monoisotopic (exact) mass is 387 g/mol. The zero-order chi connectivity index (χ0) is 18.7. The van der Waals surface area contributed by atoms with Crippen molar-refractivity contribution >= 4 is 32.4 Å². The number of amides is 1. The van der Waals surface area contributed by atoms with Gasteiger partial charge in [0, 0.05) is 16.9 Å². The first-order chi connectivity index (χ1) is 12.3. The minimum absolute atomic E-state index is 0.0816. The van der Waals surface area contributed by atoms with Gasteiger partial charge in [0.1, 0.15) is 0 Å². The van der Waals surface area contributed by atoms with E-state index in [-0.39, 0.29) is 10.8 Å². The summed E-state index contributed by atoms with van der Waals surface area (Å²) >= 11 is 1.40. The first-order valence-corrected chi connectivity index (χ1v) is 10.1. The van der Waals surface area contributed by atoms with Crippen LogP contribution in [-0.4, -0.2) is 19.3 Å². The second-order valence-corrected chi connectivity index (χ2v) is 8.36. The molecule has 0 aliphatic carbocycles. The molecule has 134 valence electrons. The van der Waals surface area contributed by atoms with Crippen molar-refractivity contribution in [3.8, 4) is 0 Å². The van der Waals surface area contributed by atoms with E-state index in [9.17, 15) is 13.2 Å². The van der Waals surface area contributed by atoms with E-state index in [1.54, 1.807) is 36.4 Å². The molecule has 1 heterocycles. The van der Waals surface area contributed by atoms with Crippen LogP contribution in [0.3, 0.4) is 0 Å². The number of benzene rings is 2. The van der Waals surface area contributed by atoms with Gasteiger partial charge in [-0.3, -0.25) is 10.1 Å². The highest BCUT2D eigenvalue weighted by molar-refractivity contribution is 7.89. The van der Waals surface area contributed by atoms with Crippen LogP contribution in [0.5, 0.6) is 0 Å². The fourth-order valence-electron chi connectivity index (χ4n) is 2.39. The molecular formula is C18H17N3O3S2. The van der Waals surface area contributed by atoms with E-state index in [2.05, 4.69) is 10.3 Å². The van der Waals surface area contributed by atoms with Crippen LogP contribution in [0.1, 0.15) is 26.5 Å². The molecule has 26 heavy (non-hydrogen) atoms. The molecule has 1 amide bonds. The summed E-state index contributed by atoms with van der Waals surface area (Å²) in [6.07, 6.45) is 0.593. The maximum Gasteiger partial charge on any atom is 0.257 e. The van der Waals surface area contributed by atoms with Crippen LogP contribution in [0.15, 0.2) is 59.5 Å². The molecule has 6 nitrogen and oxygen atoms in total. The molecule has 0 atom stereocenters. The Morgan fingerprint density at radius 1 is 1.12 bits per heavy atom. The molecule has 3 rings (SSSR count). The highest BCUT2D eigenvalue weighted by atomic mass is 32.2. The largest absolute Gasteiger partial charge is 0.298 e. The van der Waals surface area contributed by atoms with Crippen molar-refractivity contribution in [3.05, 3.63) is 76.3 Å². The van der Waals surface area contributed by atoms with Crippen LogP contribution in [0.2, 0.25) is 0 Å². The van der Waals surface area contributed by atoms with Crippen LogP contribution in [0.4, 0.5) is 5.13 Å². The zero-order valence-corrected chi connectivity index (χ0v) is 15.6. The Balaban J connectivity index is 1.73. The molecule has 0 saturated carbocycles. The average molecular weight is 387 g/mol. The maximum atomic E-state index is 12.2. The molecule has 1 aromatic heterocycles.